The normalized spacial score (nSPS) is 22.0. The second-order valence-corrected chi connectivity index (χ2v) is 6.09. The molecule has 1 aromatic heterocycles. The molecule has 1 amide bonds. The van der Waals surface area contributed by atoms with E-state index in [9.17, 15) is 9.59 Å². The number of carboxylic acid groups (broad SMARTS) is 1. The monoisotopic (exact) mass is 292 g/mol. The van der Waals surface area contributed by atoms with E-state index in [4.69, 9.17) is 5.11 Å². The van der Waals surface area contributed by atoms with Gasteiger partial charge in [-0.1, -0.05) is 32.6 Å². The predicted molar refractivity (Wildman–Crippen MR) is 80.1 cm³/mol. The van der Waals surface area contributed by atoms with Crippen LogP contribution >= 0.6 is 0 Å². The topological polar surface area (TPSA) is 71.3 Å². The summed E-state index contributed by atoms with van der Waals surface area (Å²) in [6.07, 6.45) is 7.72. The molecule has 21 heavy (non-hydrogen) atoms. The van der Waals surface area contributed by atoms with Crippen molar-refractivity contribution in [1.29, 1.82) is 0 Å². The summed E-state index contributed by atoms with van der Waals surface area (Å²) in [7, 11) is 0. The summed E-state index contributed by atoms with van der Waals surface area (Å²) in [5.41, 5.74) is 0.412. The van der Waals surface area contributed by atoms with Crippen LogP contribution < -0.4 is 5.32 Å². The Kier molecular flexibility index (Phi) is 5.42. The minimum Gasteiger partial charge on any atom is -0.480 e. The van der Waals surface area contributed by atoms with Crippen molar-refractivity contribution in [2.24, 2.45) is 11.8 Å². The Morgan fingerprint density at radius 3 is 2.71 bits per heavy atom. The number of hydrogen-bond donors (Lipinski definition) is 2. The second-order valence-electron chi connectivity index (χ2n) is 6.09. The third kappa shape index (κ3) is 4.62. The Bertz CT molecular complexity index is 487. The molecule has 0 atom stereocenters. The molecule has 5 heteroatoms. The number of hydrogen-bond acceptors (Lipinski definition) is 2. The smallest absolute Gasteiger partial charge is 0.323 e. The molecule has 5 nitrogen and oxygen atoms in total. The zero-order valence-corrected chi connectivity index (χ0v) is 12.5. The third-order valence-corrected chi connectivity index (χ3v) is 4.34. The van der Waals surface area contributed by atoms with Crippen molar-refractivity contribution < 1.29 is 14.7 Å². The van der Waals surface area contributed by atoms with Gasteiger partial charge in [0, 0.05) is 12.7 Å². The summed E-state index contributed by atoms with van der Waals surface area (Å²) >= 11 is 0. The van der Waals surface area contributed by atoms with Crippen LogP contribution in [0.4, 0.5) is 0 Å². The Labute approximate surface area is 125 Å². The summed E-state index contributed by atoms with van der Waals surface area (Å²) in [4.78, 5) is 22.8. The van der Waals surface area contributed by atoms with Gasteiger partial charge in [0.2, 0.25) is 0 Å². The van der Waals surface area contributed by atoms with Crippen LogP contribution in [-0.2, 0) is 11.3 Å². The predicted octanol–water partition coefficient (Wildman–Crippen LogP) is 2.52. The van der Waals surface area contributed by atoms with Gasteiger partial charge in [-0.15, -0.1) is 0 Å². The lowest BCUT2D eigenvalue weighted by Crippen LogP contribution is -2.29. The average Bonchev–Trinajstić information content (AvgIpc) is 2.88. The van der Waals surface area contributed by atoms with Gasteiger partial charge in [0.25, 0.3) is 5.91 Å². The molecule has 0 saturated heterocycles. The maximum atomic E-state index is 12.1. The lowest BCUT2D eigenvalue weighted by atomic mass is 9.81. The van der Waals surface area contributed by atoms with Crippen molar-refractivity contribution in [2.75, 3.05) is 6.54 Å². The zero-order chi connectivity index (χ0) is 15.2. The summed E-state index contributed by atoms with van der Waals surface area (Å²) in [5, 5.41) is 11.7. The summed E-state index contributed by atoms with van der Waals surface area (Å²) in [6.45, 7) is 2.78. The molecule has 0 aliphatic heterocycles. The van der Waals surface area contributed by atoms with E-state index in [-0.39, 0.29) is 12.5 Å². The average molecular weight is 292 g/mol. The van der Waals surface area contributed by atoms with Crippen LogP contribution in [-0.4, -0.2) is 28.1 Å². The minimum absolute atomic E-state index is 0.184. The number of amides is 1. The van der Waals surface area contributed by atoms with Crippen LogP contribution in [0.3, 0.4) is 0 Å². The van der Waals surface area contributed by atoms with Crippen LogP contribution in [0.2, 0.25) is 0 Å². The van der Waals surface area contributed by atoms with E-state index >= 15 is 0 Å². The first-order valence-corrected chi connectivity index (χ1v) is 7.71. The molecule has 0 unspecified atom stereocenters. The van der Waals surface area contributed by atoms with Gasteiger partial charge in [-0.05, 0) is 30.4 Å². The molecule has 1 aliphatic carbocycles. The van der Waals surface area contributed by atoms with E-state index < -0.39 is 5.97 Å². The van der Waals surface area contributed by atoms with E-state index in [2.05, 4.69) is 12.2 Å². The molecule has 1 heterocycles. The van der Waals surface area contributed by atoms with E-state index in [0.29, 0.717) is 18.2 Å². The van der Waals surface area contributed by atoms with Crippen molar-refractivity contribution in [3.8, 4) is 0 Å². The molecule has 116 valence electrons. The SMILES string of the molecule is CC1CCC(CCNC(=O)c2cccn2CC(=O)O)CC1. The van der Waals surface area contributed by atoms with E-state index in [1.807, 2.05) is 0 Å². The maximum absolute atomic E-state index is 12.1. The standard InChI is InChI=1S/C16H24N2O3/c1-12-4-6-13(7-5-12)8-9-17-16(21)14-3-2-10-18(14)11-15(19)20/h2-3,10,12-13H,4-9,11H2,1H3,(H,17,21)(H,19,20). The summed E-state index contributed by atoms with van der Waals surface area (Å²) in [5.74, 6) is 0.421. The molecule has 0 spiro atoms. The molecule has 2 rings (SSSR count). The lowest BCUT2D eigenvalue weighted by Gasteiger charge is -2.26. The van der Waals surface area contributed by atoms with Gasteiger partial charge >= 0.3 is 5.97 Å². The Balaban J connectivity index is 1.77. The van der Waals surface area contributed by atoms with Gasteiger partial charge in [0.05, 0.1) is 0 Å². The molecular weight excluding hydrogens is 268 g/mol. The number of carboxylic acids is 1. The van der Waals surface area contributed by atoms with E-state index in [1.54, 1.807) is 18.3 Å². The fourth-order valence-electron chi connectivity index (χ4n) is 3.00. The molecule has 1 fully saturated rings. The minimum atomic E-state index is -0.948. The fraction of sp³-hybridized carbons (Fsp3) is 0.625. The first-order valence-electron chi connectivity index (χ1n) is 7.71. The Morgan fingerprint density at radius 2 is 2.05 bits per heavy atom. The number of carbonyl (C=O) groups excluding carboxylic acids is 1. The number of nitrogens with one attached hydrogen (secondary N) is 1. The number of aromatic nitrogens is 1. The third-order valence-electron chi connectivity index (χ3n) is 4.34. The molecule has 1 aliphatic rings. The van der Waals surface area contributed by atoms with Gasteiger partial charge in [-0.3, -0.25) is 9.59 Å². The molecule has 0 bridgehead atoms. The van der Waals surface area contributed by atoms with Crippen molar-refractivity contribution in [1.82, 2.24) is 9.88 Å². The number of carbonyl (C=O) groups is 2. The number of aliphatic carboxylic acids is 1. The van der Waals surface area contributed by atoms with Gasteiger partial charge in [0.15, 0.2) is 0 Å². The van der Waals surface area contributed by atoms with E-state index in [0.717, 1.165) is 12.3 Å². The molecule has 1 saturated carbocycles. The Hall–Kier alpha value is -1.78. The van der Waals surface area contributed by atoms with Gasteiger partial charge < -0.3 is 15.0 Å². The van der Waals surface area contributed by atoms with Gasteiger partial charge in [-0.2, -0.15) is 0 Å². The maximum Gasteiger partial charge on any atom is 0.323 e. The van der Waals surface area contributed by atoms with Gasteiger partial charge in [-0.25, -0.2) is 0 Å². The van der Waals surface area contributed by atoms with Crippen molar-refractivity contribution in [3.05, 3.63) is 24.0 Å². The molecule has 0 radical (unpaired) electrons. The quantitative estimate of drug-likeness (QED) is 0.846. The molecule has 0 aromatic carbocycles. The van der Waals surface area contributed by atoms with Crippen LogP contribution in [0.15, 0.2) is 18.3 Å². The van der Waals surface area contributed by atoms with E-state index in [1.165, 1.54) is 30.3 Å². The highest BCUT2D eigenvalue weighted by Gasteiger charge is 2.18. The summed E-state index contributed by atoms with van der Waals surface area (Å²) in [6, 6.07) is 3.35. The van der Waals surface area contributed by atoms with Crippen LogP contribution in [0.25, 0.3) is 0 Å². The highest BCUT2D eigenvalue weighted by Crippen LogP contribution is 2.29. The lowest BCUT2D eigenvalue weighted by molar-refractivity contribution is -0.137. The largest absolute Gasteiger partial charge is 0.480 e. The van der Waals surface area contributed by atoms with Crippen LogP contribution in [0, 0.1) is 11.8 Å². The first-order chi connectivity index (χ1) is 10.1. The molecule has 2 N–H and O–H groups in total. The molecule has 1 aromatic rings. The van der Waals surface area contributed by atoms with Crippen molar-refractivity contribution in [2.45, 2.75) is 45.6 Å². The fourth-order valence-corrected chi connectivity index (χ4v) is 3.00. The van der Waals surface area contributed by atoms with Crippen LogP contribution in [0.5, 0.6) is 0 Å². The number of rotatable bonds is 6. The van der Waals surface area contributed by atoms with Crippen molar-refractivity contribution in [3.63, 3.8) is 0 Å². The van der Waals surface area contributed by atoms with Gasteiger partial charge in [0.1, 0.15) is 12.2 Å². The Morgan fingerprint density at radius 1 is 1.33 bits per heavy atom. The highest BCUT2D eigenvalue weighted by molar-refractivity contribution is 5.93. The zero-order valence-electron chi connectivity index (χ0n) is 12.5. The summed E-state index contributed by atoms with van der Waals surface area (Å²) < 4.78 is 1.46. The van der Waals surface area contributed by atoms with Crippen LogP contribution in [0.1, 0.15) is 49.5 Å². The highest BCUT2D eigenvalue weighted by atomic mass is 16.4. The second kappa shape index (κ2) is 7.29. The first kappa shape index (κ1) is 15.6. The van der Waals surface area contributed by atoms with Crippen molar-refractivity contribution >= 4 is 11.9 Å². The number of nitrogens with zero attached hydrogens (tertiary/aromatic N) is 1. The molecular formula is C16H24N2O3.